The van der Waals surface area contributed by atoms with E-state index in [1.807, 2.05) is 0 Å². The molecule has 13 heteroatoms. The highest BCUT2D eigenvalue weighted by Crippen LogP contribution is 2.37. The lowest BCUT2D eigenvalue weighted by Gasteiger charge is -2.19. The lowest BCUT2D eigenvalue weighted by atomic mass is 10.1. The van der Waals surface area contributed by atoms with Crippen LogP contribution in [0, 0.1) is 0 Å². The number of aromatic nitrogens is 1. The van der Waals surface area contributed by atoms with E-state index in [1.54, 1.807) is 51.1 Å². The molecule has 0 unspecified atom stereocenters. The fraction of sp³-hybridized carbons (Fsp3) is 0.222. The summed E-state index contributed by atoms with van der Waals surface area (Å²) in [6.45, 7) is 1.82. The first kappa shape index (κ1) is 28.5. The monoisotopic (exact) mass is 572 g/mol. The van der Waals surface area contributed by atoms with Crippen molar-refractivity contribution in [1.29, 1.82) is 0 Å². The first-order chi connectivity index (χ1) is 18.8. The number of benzene rings is 2. The number of amides is 2. The number of nitrogens with one attached hydrogen (secondary N) is 2. The minimum absolute atomic E-state index is 0.0954. The number of sulfonamides is 1. The minimum atomic E-state index is -4.31. The summed E-state index contributed by atoms with van der Waals surface area (Å²) in [4.78, 5) is 29.3. The van der Waals surface area contributed by atoms with E-state index in [0.717, 1.165) is 0 Å². The molecule has 0 bridgehead atoms. The molecule has 40 heavy (non-hydrogen) atoms. The Labute approximate surface area is 229 Å². The van der Waals surface area contributed by atoms with Crippen molar-refractivity contribution in [1.82, 2.24) is 9.29 Å². The molecule has 10 nitrogen and oxygen atoms in total. The van der Waals surface area contributed by atoms with E-state index in [4.69, 9.17) is 4.74 Å². The Bertz CT molecular complexity index is 1520. The maximum Gasteiger partial charge on any atom is 0.413 e. The van der Waals surface area contributed by atoms with Gasteiger partial charge in [0.05, 0.1) is 6.54 Å². The molecule has 0 saturated heterocycles. The van der Waals surface area contributed by atoms with Crippen LogP contribution >= 0.6 is 0 Å². The minimum Gasteiger partial charge on any atom is -0.444 e. The molecule has 4 rings (SSSR count). The first-order valence-electron chi connectivity index (χ1n) is 12.0. The number of anilines is 2. The molecule has 1 aliphatic heterocycles. The quantitative estimate of drug-likeness (QED) is 0.378. The molecule has 0 spiro atoms. The largest absolute Gasteiger partial charge is 0.444 e. The zero-order valence-electron chi connectivity index (χ0n) is 21.7. The van der Waals surface area contributed by atoms with Crippen LogP contribution in [0.25, 0.3) is 4.91 Å². The van der Waals surface area contributed by atoms with E-state index < -0.39 is 34.2 Å². The molecule has 0 saturated carbocycles. The van der Waals surface area contributed by atoms with Gasteiger partial charge in [-0.25, -0.2) is 22.5 Å². The topological polar surface area (TPSA) is 127 Å². The highest BCUT2D eigenvalue weighted by molar-refractivity contribution is 7.99. The predicted molar refractivity (Wildman–Crippen MR) is 144 cm³/mol. The van der Waals surface area contributed by atoms with Gasteiger partial charge in [0.2, 0.25) is 0 Å². The van der Waals surface area contributed by atoms with Crippen molar-refractivity contribution in [3.63, 3.8) is 0 Å². The molecule has 0 fully saturated rings. The van der Waals surface area contributed by atoms with Gasteiger partial charge in [0.15, 0.2) is 0 Å². The average Bonchev–Trinajstić information content (AvgIpc) is 3.05. The van der Waals surface area contributed by atoms with Gasteiger partial charge in [0.1, 0.15) is 27.8 Å². The van der Waals surface area contributed by atoms with Crippen LogP contribution < -0.4 is 15.4 Å². The number of halogens is 2. The Hall–Kier alpha value is -4.52. The number of carbonyl (C=O) groups is 2. The van der Waals surface area contributed by atoms with Gasteiger partial charge < -0.3 is 14.8 Å². The summed E-state index contributed by atoms with van der Waals surface area (Å²) in [7, 11) is -4.31. The fourth-order valence-corrected chi connectivity index (χ4v) is 5.43. The first-order valence-corrected chi connectivity index (χ1v) is 13.4. The molecule has 3 aromatic rings. The lowest BCUT2D eigenvalue weighted by molar-refractivity contribution is -0.122. The SMILES string of the molecule is CC(C)(C)OC(=O)Nc1ccc(CN2C(=O)C(Nc3ccc(OC(F)F)cc3)=C(c3ccccc3)S2(=O)=O)cn1. The van der Waals surface area contributed by atoms with Crippen LogP contribution in [0.4, 0.5) is 25.1 Å². The smallest absolute Gasteiger partial charge is 0.413 e. The maximum absolute atomic E-state index is 13.6. The van der Waals surface area contributed by atoms with Crippen molar-refractivity contribution >= 4 is 38.4 Å². The van der Waals surface area contributed by atoms with Gasteiger partial charge in [-0.05, 0) is 62.2 Å². The lowest BCUT2D eigenvalue weighted by Crippen LogP contribution is -2.32. The van der Waals surface area contributed by atoms with Gasteiger partial charge >= 0.3 is 12.7 Å². The molecule has 1 aliphatic rings. The highest BCUT2D eigenvalue weighted by Gasteiger charge is 2.44. The van der Waals surface area contributed by atoms with Crippen molar-refractivity contribution < 1.29 is 36.3 Å². The van der Waals surface area contributed by atoms with Crippen LogP contribution in [0.3, 0.4) is 0 Å². The van der Waals surface area contributed by atoms with E-state index in [0.29, 0.717) is 9.87 Å². The Morgan fingerprint density at radius 2 is 1.70 bits per heavy atom. The molecule has 2 N–H and O–H groups in total. The van der Waals surface area contributed by atoms with Gasteiger partial charge in [-0.2, -0.15) is 8.78 Å². The van der Waals surface area contributed by atoms with Gasteiger partial charge in [0.25, 0.3) is 15.9 Å². The second kappa shape index (κ2) is 11.3. The van der Waals surface area contributed by atoms with Crippen molar-refractivity contribution in [2.75, 3.05) is 10.6 Å². The molecule has 0 atom stereocenters. The normalized spacial score (nSPS) is 14.8. The summed E-state index contributed by atoms with van der Waals surface area (Å²) in [5.41, 5.74) is 0.0488. The third-order valence-electron chi connectivity index (χ3n) is 5.38. The molecule has 2 amide bonds. The van der Waals surface area contributed by atoms with Crippen LogP contribution in [0.15, 0.2) is 78.6 Å². The van der Waals surface area contributed by atoms with Crippen molar-refractivity contribution in [3.05, 3.63) is 89.8 Å². The number of rotatable bonds is 8. The number of hydrogen-bond donors (Lipinski definition) is 2. The van der Waals surface area contributed by atoms with Gasteiger partial charge in [0, 0.05) is 11.9 Å². The molecule has 2 aromatic carbocycles. The number of pyridine rings is 1. The Morgan fingerprint density at radius 1 is 1.02 bits per heavy atom. The Morgan fingerprint density at radius 3 is 2.27 bits per heavy atom. The van der Waals surface area contributed by atoms with E-state index in [9.17, 15) is 26.8 Å². The van der Waals surface area contributed by atoms with E-state index >= 15 is 0 Å². The van der Waals surface area contributed by atoms with Gasteiger partial charge in [-0.1, -0.05) is 36.4 Å². The summed E-state index contributed by atoms with van der Waals surface area (Å²) in [6, 6.07) is 16.4. The zero-order chi connectivity index (χ0) is 29.1. The summed E-state index contributed by atoms with van der Waals surface area (Å²) < 4.78 is 62.5. The van der Waals surface area contributed by atoms with E-state index in [1.165, 1.54) is 42.6 Å². The Kier molecular flexibility index (Phi) is 8.05. The third-order valence-corrected chi connectivity index (χ3v) is 7.21. The van der Waals surface area contributed by atoms with E-state index in [2.05, 4.69) is 20.4 Å². The van der Waals surface area contributed by atoms with Crippen LogP contribution in [-0.2, 0) is 26.1 Å². The summed E-state index contributed by atoms with van der Waals surface area (Å²) >= 11 is 0. The van der Waals surface area contributed by atoms with E-state index in [-0.39, 0.29) is 40.0 Å². The number of hydrogen-bond acceptors (Lipinski definition) is 8. The molecular formula is C27H26F2N4O6S. The van der Waals surface area contributed by atoms with Crippen molar-refractivity contribution in [3.8, 4) is 5.75 Å². The summed E-state index contributed by atoms with van der Waals surface area (Å²) in [6.07, 6.45) is 0.636. The van der Waals surface area contributed by atoms with Gasteiger partial charge in [-0.15, -0.1) is 0 Å². The highest BCUT2D eigenvalue weighted by atomic mass is 32.2. The van der Waals surface area contributed by atoms with Crippen LogP contribution in [0.5, 0.6) is 5.75 Å². The second-order valence-corrected chi connectivity index (χ2v) is 11.4. The molecule has 2 heterocycles. The van der Waals surface area contributed by atoms with Crippen LogP contribution in [0.2, 0.25) is 0 Å². The standard InChI is InChI=1S/C27H26F2N4O6S/c1-27(2,3)39-26(35)32-21-14-9-17(15-30-21)16-33-24(34)22(23(40(33,36)37)18-7-5-4-6-8-18)31-19-10-12-20(13-11-19)38-25(28)29/h4-15,25,31H,16H2,1-3H3,(H,30,32,35). The molecule has 0 aliphatic carbocycles. The number of carbonyl (C=O) groups excluding carboxylic acids is 2. The maximum atomic E-state index is 13.6. The average molecular weight is 573 g/mol. The molecule has 210 valence electrons. The fourth-order valence-electron chi connectivity index (χ4n) is 3.75. The van der Waals surface area contributed by atoms with Crippen LogP contribution in [-0.4, -0.2) is 41.9 Å². The van der Waals surface area contributed by atoms with Crippen molar-refractivity contribution in [2.24, 2.45) is 0 Å². The van der Waals surface area contributed by atoms with Crippen molar-refractivity contribution in [2.45, 2.75) is 39.5 Å². The summed E-state index contributed by atoms with van der Waals surface area (Å²) in [5.74, 6) is -0.733. The molecule has 1 aromatic heterocycles. The number of alkyl halides is 2. The summed E-state index contributed by atoms with van der Waals surface area (Å²) in [5, 5.41) is 5.31. The third kappa shape index (κ3) is 6.72. The number of nitrogens with zero attached hydrogens (tertiary/aromatic N) is 2. The Balaban J connectivity index is 1.59. The van der Waals surface area contributed by atoms with Gasteiger partial charge in [-0.3, -0.25) is 10.1 Å². The molecular weight excluding hydrogens is 546 g/mol. The zero-order valence-corrected chi connectivity index (χ0v) is 22.5. The molecule has 0 radical (unpaired) electrons. The number of ether oxygens (including phenoxy) is 2. The predicted octanol–water partition coefficient (Wildman–Crippen LogP) is 5.18. The van der Waals surface area contributed by atoms with Crippen LogP contribution in [0.1, 0.15) is 31.9 Å². The second-order valence-electron chi connectivity index (χ2n) is 9.59.